The van der Waals surface area contributed by atoms with Gasteiger partial charge < -0.3 is 15.0 Å². The smallest absolute Gasteiger partial charge is 0.0689 e. The third-order valence-electron chi connectivity index (χ3n) is 6.10. The molecular weight excluding hydrogens is 312 g/mol. The van der Waals surface area contributed by atoms with Crippen molar-refractivity contribution in [1.29, 1.82) is 0 Å². The van der Waals surface area contributed by atoms with Crippen LogP contribution in [0.15, 0.2) is 6.20 Å². The molecule has 1 aliphatic carbocycles. The van der Waals surface area contributed by atoms with Crippen LogP contribution in [0.1, 0.15) is 63.1 Å². The lowest BCUT2D eigenvalue weighted by Crippen LogP contribution is -2.34. The fourth-order valence-electron chi connectivity index (χ4n) is 4.87. The minimum atomic E-state index is 0.155. The van der Waals surface area contributed by atoms with Gasteiger partial charge in [0.1, 0.15) is 0 Å². The number of hydrogen-bond donors (Lipinski definition) is 1. The first kappa shape index (κ1) is 18.9. The normalized spacial score (nSPS) is 29.0. The van der Waals surface area contributed by atoms with Crippen LogP contribution in [-0.4, -0.2) is 54.1 Å². The third-order valence-corrected chi connectivity index (χ3v) is 6.10. The first-order chi connectivity index (χ1) is 11.8. The number of aryl methyl sites for hydroxylation is 1. The summed E-state index contributed by atoms with van der Waals surface area (Å²) in [5.41, 5.74) is 3.35. The Morgan fingerprint density at radius 2 is 2.08 bits per heavy atom. The average Bonchev–Trinajstić information content (AvgIpc) is 3.07. The first-order valence-corrected chi connectivity index (χ1v) is 9.82. The second-order valence-corrected chi connectivity index (χ2v) is 9.11. The Balaban J connectivity index is 1.64. The summed E-state index contributed by atoms with van der Waals surface area (Å²) in [6.45, 7) is 8.66. The Morgan fingerprint density at radius 3 is 2.68 bits per heavy atom. The highest BCUT2D eigenvalue weighted by atomic mass is 16.5. The number of likely N-dealkylation sites (N-methyl/N-ethyl adjacent to an activating group) is 2. The number of nitrogens with one attached hydrogen (secondary N) is 1. The van der Waals surface area contributed by atoms with Crippen LogP contribution < -0.4 is 5.32 Å². The average molecular weight is 349 g/mol. The monoisotopic (exact) mass is 348 g/mol. The zero-order chi connectivity index (χ0) is 18.1. The van der Waals surface area contributed by atoms with Crippen molar-refractivity contribution in [2.75, 3.05) is 33.8 Å². The van der Waals surface area contributed by atoms with Gasteiger partial charge in [-0.1, -0.05) is 13.8 Å². The van der Waals surface area contributed by atoms with Crippen molar-refractivity contribution >= 4 is 0 Å². The molecule has 142 valence electrons. The van der Waals surface area contributed by atoms with Crippen LogP contribution in [0, 0.1) is 5.41 Å². The molecule has 1 N–H and O–H groups in total. The Bertz CT molecular complexity index is 572. The molecular formula is C20H36N4O. The van der Waals surface area contributed by atoms with Crippen molar-refractivity contribution in [2.24, 2.45) is 12.5 Å². The fraction of sp³-hybridized carbons (Fsp3) is 0.850. The van der Waals surface area contributed by atoms with Gasteiger partial charge >= 0.3 is 0 Å². The number of aromatic nitrogens is 2. The summed E-state index contributed by atoms with van der Waals surface area (Å²) in [7, 11) is 6.30. The van der Waals surface area contributed by atoms with Crippen LogP contribution in [0.2, 0.25) is 0 Å². The summed E-state index contributed by atoms with van der Waals surface area (Å²) in [5.74, 6) is 0.623. The predicted molar refractivity (Wildman–Crippen MR) is 102 cm³/mol. The summed E-state index contributed by atoms with van der Waals surface area (Å²) >= 11 is 0. The lowest BCUT2D eigenvalue weighted by Gasteiger charge is -2.37. The van der Waals surface area contributed by atoms with Gasteiger partial charge in [-0.05, 0) is 51.6 Å². The molecule has 0 radical (unpaired) electrons. The van der Waals surface area contributed by atoms with Gasteiger partial charge in [-0.2, -0.15) is 5.10 Å². The van der Waals surface area contributed by atoms with E-state index < -0.39 is 0 Å². The molecule has 1 aliphatic heterocycles. The number of nitrogens with zero attached hydrogens (tertiary/aromatic N) is 3. The molecule has 1 saturated heterocycles. The summed E-state index contributed by atoms with van der Waals surface area (Å²) < 4.78 is 8.41. The summed E-state index contributed by atoms with van der Waals surface area (Å²) in [5, 5.41) is 7.81. The van der Waals surface area contributed by atoms with E-state index in [4.69, 9.17) is 4.74 Å². The Labute approximate surface area is 153 Å². The lowest BCUT2D eigenvalue weighted by atomic mass is 9.72. The second-order valence-electron chi connectivity index (χ2n) is 9.11. The van der Waals surface area contributed by atoms with Gasteiger partial charge in [0.05, 0.1) is 18.4 Å². The van der Waals surface area contributed by atoms with Crippen molar-refractivity contribution in [3.05, 3.63) is 17.5 Å². The molecule has 1 aromatic rings. The van der Waals surface area contributed by atoms with E-state index in [0.29, 0.717) is 11.3 Å². The second kappa shape index (κ2) is 7.37. The number of ether oxygens (including phenoxy) is 1. The van der Waals surface area contributed by atoms with Crippen molar-refractivity contribution in [3.8, 4) is 0 Å². The third kappa shape index (κ3) is 4.26. The zero-order valence-corrected chi connectivity index (χ0v) is 16.8. The standard InChI is InChI=1S/C20H36N4O/c1-19(2)14-20(25-15-19)8-6-16(7-9-20)18-17(12-22-24(18)5)13-23(4)11-10-21-3/h12,16,21H,6-11,13-15H2,1-5H3/t16-,20-. The SMILES string of the molecule is CNCCN(C)Cc1cnn(C)c1[C@H]1CC[C@]2(CC1)CC(C)(C)CO2. The summed E-state index contributed by atoms with van der Waals surface area (Å²) in [6.07, 6.45) is 8.14. The number of hydrogen-bond acceptors (Lipinski definition) is 4. The lowest BCUT2D eigenvalue weighted by molar-refractivity contribution is -0.0298. The Morgan fingerprint density at radius 1 is 1.36 bits per heavy atom. The van der Waals surface area contributed by atoms with E-state index >= 15 is 0 Å². The summed E-state index contributed by atoms with van der Waals surface area (Å²) in [4.78, 5) is 2.38. The molecule has 2 heterocycles. The zero-order valence-electron chi connectivity index (χ0n) is 16.8. The Kier molecular flexibility index (Phi) is 5.57. The largest absolute Gasteiger partial charge is 0.374 e. The molecule has 25 heavy (non-hydrogen) atoms. The quantitative estimate of drug-likeness (QED) is 0.858. The fourth-order valence-corrected chi connectivity index (χ4v) is 4.87. The van der Waals surface area contributed by atoms with Gasteiger partial charge in [0.25, 0.3) is 0 Å². The molecule has 0 unspecified atom stereocenters. The van der Waals surface area contributed by atoms with Gasteiger partial charge in [-0.25, -0.2) is 0 Å². The van der Waals surface area contributed by atoms with E-state index in [1.165, 1.54) is 43.4 Å². The maximum atomic E-state index is 6.29. The van der Waals surface area contributed by atoms with Gasteiger partial charge in [-0.15, -0.1) is 0 Å². The molecule has 2 fully saturated rings. The van der Waals surface area contributed by atoms with E-state index in [9.17, 15) is 0 Å². The molecule has 0 amide bonds. The highest BCUT2D eigenvalue weighted by Crippen LogP contribution is 2.50. The minimum absolute atomic E-state index is 0.155. The van der Waals surface area contributed by atoms with Crippen LogP contribution in [-0.2, 0) is 18.3 Å². The van der Waals surface area contributed by atoms with Gasteiger partial charge in [-0.3, -0.25) is 4.68 Å². The topological polar surface area (TPSA) is 42.3 Å². The van der Waals surface area contributed by atoms with Gasteiger partial charge in [0.15, 0.2) is 0 Å². The van der Waals surface area contributed by atoms with Crippen LogP contribution in [0.5, 0.6) is 0 Å². The van der Waals surface area contributed by atoms with E-state index in [2.05, 4.69) is 54.1 Å². The highest BCUT2D eigenvalue weighted by Gasteiger charge is 2.46. The van der Waals surface area contributed by atoms with Crippen molar-refractivity contribution in [3.63, 3.8) is 0 Å². The molecule has 5 heteroatoms. The minimum Gasteiger partial charge on any atom is -0.374 e. The molecule has 1 aromatic heterocycles. The van der Waals surface area contributed by atoms with E-state index in [-0.39, 0.29) is 5.60 Å². The van der Waals surface area contributed by atoms with Gasteiger partial charge in [0.2, 0.25) is 0 Å². The van der Waals surface area contributed by atoms with Gasteiger partial charge in [0, 0.05) is 43.9 Å². The van der Waals surface area contributed by atoms with Crippen LogP contribution >= 0.6 is 0 Å². The molecule has 0 aromatic carbocycles. The Hall–Kier alpha value is -0.910. The predicted octanol–water partition coefficient (Wildman–Crippen LogP) is 2.91. The summed E-state index contributed by atoms with van der Waals surface area (Å²) in [6, 6.07) is 0. The van der Waals surface area contributed by atoms with Crippen LogP contribution in [0.4, 0.5) is 0 Å². The maximum absolute atomic E-state index is 6.29. The molecule has 1 saturated carbocycles. The molecule has 1 spiro atoms. The molecule has 3 rings (SSSR count). The first-order valence-electron chi connectivity index (χ1n) is 9.82. The molecule has 5 nitrogen and oxygen atoms in total. The van der Waals surface area contributed by atoms with Crippen molar-refractivity contribution in [1.82, 2.24) is 20.0 Å². The molecule has 2 aliphatic rings. The number of rotatable bonds is 6. The van der Waals surface area contributed by atoms with E-state index in [1.54, 1.807) is 0 Å². The highest BCUT2D eigenvalue weighted by molar-refractivity contribution is 5.23. The van der Waals surface area contributed by atoms with Crippen LogP contribution in [0.25, 0.3) is 0 Å². The molecule has 0 atom stereocenters. The van der Waals surface area contributed by atoms with Crippen molar-refractivity contribution in [2.45, 2.75) is 64.0 Å². The van der Waals surface area contributed by atoms with E-state index in [0.717, 1.165) is 26.2 Å². The van der Waals surface area contributed by atoms with E-state index in [1.807, 2.05) is 7.05 Å². The molecule has 0 bridgehead atoms. The van der Waals surface area contributed by atoms with Crippen molar-refractivity contribution < 1.29 is 4.74 Å². The maximum Gasteiger partial charge on any atom is 0.0689 e. The van der Waals surface area contributed by atoms with Crippen LogP contribution in [0.3, 0.4) is 0 Å².